The number of benzene rings is 3. The monoisotopic (exact) mass is 532 g/mol. The van der Waals surface area contributed by atoms with E-state index in [1.165, 1.54) is 18.2 Å². The van der Waals surface area contributed by atoms with E-state index >= 15 is 0 Å². The van der Waals surface area contributed by atoms with Crippen molar-refractivity contribution in [2.45, 2.75) is 23.2 Å². The minimum Gasteiger partial charge on any atom is -0.381 e. The molecule has 0 spiro atoms. The molecule has 0 radical (unpaired) electrons. The van der Waals surface area contributed by atoms with Gasteiger partial charge in [-0.3, -0.25) is 9.10 Å². The Morgan fingerprint density at radius 1 is 0.914 bits per heavy atom. The second-order valence-corrected chi connectivity index (χ2v) is 11.1. The van der Waals surface area contributed by atoms with Crippen molar-refractivity contribution in [1.29, 1.82) is 0 Å². The average molecular weight is 533 g/mol. The van der Waals surface area contributed by atoms with Crippen LogP contribution in [0.5, 0.6) is 0 Å². The van der Waals surface area contributed by atoms with E-state index in [-0.39, 0.29) is 26.0 Å². The Labute approximate surface area is 215 Å². The third-order valence-corrected chi connectivity index (χ3v) is 8.86. The van der Waals surface area contributed by atoms with Crippen molar-refractivity contribution in [2.75, 3.05) is 30.6 Å². The van der Waals surface area contributed by atoms with Gasteiger partial charge in [0.05, 0.1) is 20.6 Å². The lowest BCUT2D eigenvalue weighted by molar-refractivity contribution is -0.120. The molecule has 1 amide bonds. The minimum absolute atomic E-state index is 0.0500. The Bertz CT molecular complexity index is 1270. The van der Waals surface area contributed by atoms with E-state index in [0.717, 1.165) is 22.7 Å². The highest BCUT2D eigenvalue weighted by Crippen LogP contribution is 2.36. The first kappa shape index (κ1) is 25.5. The maximum Gasteiger partial charge on any atom is 0.264 e. The number of hydrogen-bond acceptors (Lipinski definition) is 4. The first-order valence-electron chi connectivity index (χ1n) is 11.3. The molecule has 0 atom stereocenters. The predicted octanol–water partition coefficient (Wildman–Crippen LogP) is 5.05. The van der Waals surface area contributed by atoms with Crippen LogP contribution in [0.15, 0.2) is 83.8 Å². The molecule has 6 nitrogen and oxygen atoms in total. The minimum atomic E-state index is -4.09. The summed E-state index contributed by atoms with van der Waals surface area (Å²) in [4.78, 5) is 13.2. The summed E-state index contributed by atoms with van der Waals surface area (Å²) in [5.74, 6) is -0.442. The van der Waals surface area contributed by atoms with Gasteiger partial charge in [0.2, 0.25) is 5.91 Å². The maximum absolute atomic E-state index is 13.5. The summed E-state index contributed by atoms with van der Waals surface area (Å²) >= 11 is 12.6. The first-order valence-corrected chi connectivity index (χ1v) is 13.4. The molecule has 184 valence electrons. The van der Waals surface area contributed by atoms with Crippen LogP contribution >= 0.6 is 23.2 Å². The predicted molar refractivity (Wildman–Crippen MR) is 139 cm³/mol. The van der Waals surface area contributed by atoms with E-state index in [1.807, 2.05) is 18.2 Å². The second kappa shape index (κ2) is 11.0. The molecular formula is C26H26Cl2N2O4S. The van der Waals surface area contributed by atoms with Crippen molar-refractivity contribution in [3.8, 4) is 0 Å². The lowest BCUT2D eigenvalue weighted by Gasteiger charge is -2.38. The number of halogens is 2. The van der Waals surface area contributed by atoms with Crippen molar-refractivity contribution in [1.82, 2.24) is 5.32 Å². The molecule has 1 N–H and O–H groups in total. The van der Waals surface area contributed by atoms with Crippen molar-refractivity contribution in [2.24, 2.45) is 0 Å². The molecule has 1 aliphatic heterocycles. The third kappa shape index (κ3) is 5.64. The zero-order chi connectivity index (χ0) is 24.9. The van der Waals surface area contributed by atoms with Gasteiger partial charge in [-0.15, -0.1) is 0 Å². The molecule has 1 saturated heterocycles. The fraction of sp³-hybridized carbons (Fsp3) is 0.269. The highest BCUT2D eigenvalue weighted by molar-refractivity contribution is 7.92. The van der Waals surface area contributed by atoms with Gasteiger partial charge in [-0.1, -0.05) is 77.8 Å². The summed E-state index contributed by atoms with van der Waals surface area (Å²) < 4.78 is 33.7. The fourth-order valence-corrected chi connectivity index (χ4v) is 6.18. The van der Waals surface area contributed by atoms with Gasteiger partial charge in [0, 0.05) is 25.2 Å². The molecule has 0 unspecified atom stereocenters. The highest BCUT2D eigenvalue weighted by atomic mass is 35.5. The van der Waals surface area contributed by atoms with Crippen LogP contribution in [0.4, 0.5) is 5.69 Å². The van der Waals surface area contributed by atoms with Crippen LogP contribution in [0.25, 0.3) is 0 Å². The van der Waals surface area contributed by atoms with Crippen LogP contribution < -0.4 is 9.62 Å². The molecular weight excluding hydrogens is 507 g/mol. The zero-order valence-electron chi connectivity index (χ0n) is 19.0. The first-order chi connectivity index (χ1) is 16.8. The Kier molecular flexibility index (Phi) is 8.02. The van der Waals surface area contributed by atoms with Crippen molar-refractivity contribution in [3.05, 3.63) is 94.5 Å². The van der Waals surface area contributed by atoms with Crippen LogP contribution in [0, 0.1) is 0 Å². The summed E-state index contributed by atoms with van der Waals surface area (Å²) in [7, 11) is -4.09. The highest BCUT2D eigenvalue weighted by Gasteiger charge is 2.35. The molecule has 0 aliphatic carbocycles. The molecule has 0 aromatic heterocycles. The second-order valence-electron chi connectivity index (χ2n) is 8.43. The van der Waals surface area contributed by atoms with Gasteiger partial charge in [-0.25, -0.2) is 8.42 Å². The fourth-order valence-electron chi connectivity index (χ4n) is 4.28. The maximum atomic E-state index is 13.5. The SMILES string of the molecule is O=C(CN(c1cccc(Cl)c1Cl)S(=O)(=O)c1ccccc1)NCC1(c2ccccc2)CCOCC1. The molecule has 3 aromatic carbocycles. The van der Waals surface area contributed by atoms with E-state index in [1.54, 1.807) is 30.3 Å². The molecule has 0 saturated carbocycles. The number of hydrogen-bond donors (Lipinski definition) is 1. The van der Waals surface area contributed by atoms with E-state index < -0.39 is 22.5 Å². The Morgan fingerprint density at radius 3 is 2.20 bits per heavy atom. The quantitative estimate of drug-likeness (QED) is 0.440. The Balaban J connectivity index is 1.61. The molecule has 1 fully saturated rings. The number of rotatable bonds is 8. The van der Waals surface area contributed by atoms with Gasteiger partial charge >= 0.3 is 0 Å². The summed E-state index contributed by atoms with van der Waals surface area (Å²) in [6, 6.07) is 22.6. The van der Waals surface area contributed by atoms with E-state index in [9.17, 15) is 13.2 Å². The molecule has 1 aliphatic rings. The van der Waals surface area contributed by atoms with Crippen LogP contribution in [0.3, 0.4) is 0 Å². The summed E-state index contributed by atoms with van der Waals surface area (Å²) in [5.41, 5.74) is 0.976. The molecule has 4 rings (SSSR count). The molecule has 35 heavy (non-hydrogen) atoms. The standard InChI is InChI=1S/C26H26Cl2N2O4S/c27-22-12-7-13-23(25(22)28)30(35(32,33)21-10-5-2-6-11-21)18-24(31)29-19-26(14-16-34-17-15-26)20-8-3-1-4-9-20/h1-13H,14-19H2,(H,29,31). The molecule has 3 aromatic rings. The van der Waals surface area contributed by atoms with Crippen molar-refractivity contribution < 1.29 is 17.9 Å². The smallest absolute Gasteiger partial charge is 0.264 e. The number of amides is 1. The van der Waals surface area contributed by atoms with E-state index in [2.05, 4.69) is 17.4 Å². The number of anilines is 1. The van der Waals surface area contributed by atoms with E-state index in [4.69, 9.17) is 27.9 Å². The molecule has 9 heteroatoms. The van der Waals surface area contributed by atoms with Crippen molar-refractivity contribution in [3.63, 3.8) is 0 Å². The van der Waals surface area contributed by atoms with Gasteiger partial charge in [0.1, 0.15) is 6.54 Å². The van der Waals surface area contributed by atoms with Gasteiger partial charge in [-0.05, 0) is 42.7 Å². The summed E-state index contributed by atoms with van der Waals surface area (Å²) in [6.07, 6.45) is 1.51. The number of sulfonamides is 1. The van der Waals surface area contributed by atoms with Gasteiger partial charge in [-0.2, -0.15) is 0 Å². The van der Waals surface area contributed by atoms with Gasteiger partial charge in [0.25, 0.3) is 10.0 Å². The van der Waals surface area contributed by atoms with Crippen LogP contribution in [-0.4, -0.2) is 40.6 Å². The molecule has 1 heterocycles. The van der Waals surface area contributed by atoms with Crippen LogP contribution in [0.2, 0.25) is 10.0 Å². The summed E-state index contributed by atoms with van der Waals surface area (Å²) in [6.45, 7) is 1.11. The number of carbonyl (C=O) groups is 1. The largest absolute Gasteiger partial charge is 0.381 e. The topological polar surface area (TPSA) is 75.7 Å². The number of ether oxygens (including phenoxy) is 1. The summed E-state index contributed by atoms with van der Waals surface area (Å²) in [5, 5.41) is 3.23. The zero-order valence-corrected chi connectivity index (χ0v) is 21.3. The van der Waals surface area contributed by atoms with Crippen LogP contribution in [0.1, 0.15) is 18.4 Å². The van der Waals surface area contributed by atoms with Gasteiger partial charge in [0.15, 0.2) is 0 Å². The third-order valence-electron chi connectivity index (χ3n) is 6.28. The Hall–Kier alpha value is -2.58. The van der Waals surface area contributed by atoms with Crippen LogP contribution in [-0.2, 0) is 25.0 Å². The van der Waals surface area contributed by atoms with Gasteiger partial charge < -0.3 is 10.1 Å². The normalized spacial score (nSPS) is 15.4. The lowest BCUT2D eigenvalue weighted by atomic mass is 9.74. The number of nitrogens with zero attached hydrogens (tertiary/aromatic N) is 1. The van der Waals surface area contributed by atoms with E-state index in [0.29, 0.717) is 19.8 Å². The van der Waals surface area contributed by atoms with Crippen molar-refractivity contribution >= 4 is 44.8 Å². The molecule has 0 bridgehead atoms. The lowest BCUT2D eigenvalue weighted by Crippen LogP contribution is -2.48. The number of carbonyl (C=O) groups excluding carboxylic acids is 1. The Morgan fingerprint density at radius 2 is 1.54 bits per heavy atom. The average Bonchev–Trinajstić information content (AvgIpc) is 2.89. The number of nitrogens with one attached hydrogen (secondary N) is 1.